The van der Waals surface area contributed by atoms with Crippen LogP contribution in [0.4, 0.5) is 0 Å². The van der Waals surface area contributed by atoms with Crippen LogP contribution in [0.2, 0.25) is 0 Å². The molecule has 7 nitrogen and oxygen atoms in total. The lowest BCUT2D eigenvalue weighted by atomic mass is 10.1. The van der Waals surface area contributed by atoms with E-state index in [9.17, 15) is 0 Å². The van der Waals surface area contributed by atoms with Gasteiger partial charge in [-0.15, -0.1) is 0 Å². The van der Waals surface area contributed by atoms with Gasteiger partial charge >= 0.3 is 0 Å². The maximum absolute atomic E-state index is 6.50. The molecule has 4 aromatic heterocycles. The third-order valence-corrected chi connectivity index (χ3v) is 8.03. The third kappa shape index (κ3) is 3.68. The van der Waals surface area contributed by atoms with E-state index in [1.165, 1.54) is 0 Å². The zero-order valence-electron chi connectivity index (χ0n) is 23.1. The first-order valence-electron chi connectivity index (χ1n) is 14.4. The largest absolute Gasteiger partial charge is 0.452 e. The van der Waals surface area contributed by atoms with Gasteiger partial charge in [-0.1, -0.05) is 66.7 Å². The SMILES string of the molecule is C1=Cc2c(nc(-c3nc(-c4nc5ccccc5n4-c4ccccc4)c4oc5ccccc5c4n3)n2-c2ccccc2)CC1. The molecule has 9 rings (SSSR count). The van der Waals surface area contributed by atoms with Gasteiger partial charge in [0.2, 0.25) is 0 Å². The second-order valence-electron chi connectivity index (χ2n) is 10.6. The van der Waals surface area contributed by atoms with Crippen LogP contribution < -0.4 is 0 Å². The summed E-state index contributed by atoms with van der Waals surface area (Å²) in [5, 5.41) is 0.923. The van der Waals surface area contributed by atoms with Crippen LogP contribution in [0.5, 0.6) is 0 Å². The van der Waals surface area contributed by atoms with Gasteiger partial charge in [-0.25, -0.2) is 19.9 Å². The summed E-state index contributed by atoms with van der Waals surface area (Å²) >= 11 is 0. The fourth-order valence-corrected chi connectivity index (χ4v) is 6.10. The maximum Gasteiger partial charge on any atom is 0.197 e. The third-order valence-electron chi connectivity index (χ3n) is 8.03. The number of para-hydroxylation sites is 5. The van der Waals surface area contributed by atoms with Crippen molar-refractivity contribution >= 4 is 39.2 Å². The molecule has 0 saturated heterocycles. The van der Waals surface area contributed by atoms with Crippen LogP contribution >= 0.6 is 0 Å². The number of hydrogen-bond donors (Lipinski definition) is 0. The molecule has 0 bridgehead atoms. The van der Waals surface area contributed by atoms with Crippen molar-refractivity contribution in [1.29, 1.82) is 0 Å². The van der Waals surface area contributed by atoms with E-state index >= 15 is 0 Å². The van der Waals surface area contributed by atoms with Gasteiger partial charge in [-0.2, -0.15) is 0 Å². The Bertz CT molecular complexity index is 2340. The molecule has 0 saturated carbocycles. The molecule has 0 spiro atoms. The van der Waals surface area contributed by atoms with Gasteiger partial charge in [0.25, 0.3) is 0 Å². The van der Waals surface area contributed by atoms with E-state index in [0.717, 1.165) is 63.1 Å². The van der Waals surface area contributed by atoms with E-state index < -0.39 is 0 Å². The number of benzene rings is 4. The van der Waals surface area contributed by atoms with Gasteiger partial charge in [0.15, 0.2) is 28.8 Å². The molecule has 0 fully saturated rings. The van der Waals surface area contributed by atoms with Gasteiger partial charge in [0.05, 0.1) is 22.4 Å². The predicted molar refractivity (Wildman–Crippen MR) is 169 cm³/mol. The molecule has 0 atom stereocenters. The van der Waals surface area contributed by atoms with E-state index in [1.807, 2.05) is 78.9 Å². The lowest BCUT2D eigenvalue weighted by Gasteiger charge is -2.13. The van der Waals surface area contributed by atoms with Gasteiger partial charge in [-0.05, 0) is 67.4 Å². The Balaban J connectivity index is 1.40. The molecule has 1 aliphatic rings. The fourth-order valence-electron chi connectivity index (χ4n) is 6.10. The molecule has 7 heteroatoms. The molecule has 1 aliphatic carbocycles. The lowest BCUT2D eigenvalue weighted by Crippen LogP contribution is -2.05. The van der Waals surface area contributed by atoms with E-state index in [0.29, 0.717) is 28.8 Å². The Hall–Kier alpha value is -5.82. The van der Waals surface area contributed by atoms with Crippen LogP contribution in [0.1, 0.15) is 17.8 Å². The topological polar surface area (TPSA) is 74.6 Å². The maximum atomic E-state index is 6.50. The molecule has 8 aromatic rings. The van der Waals surface area contributed by atoms with Crippen molar-refractivity contribution in [2.75, 3.05) is 0 Å². The first-order chi connectivity index (χ1) is 21.3. The molecule has 0 N–H and O–H groups in total. The summed E-state index contributed by atoms with van der Waals surface area (Å²) in [6.45, 7) is 0. The Morgan fingerprint density at radius 2 is 1.35 bits per heavy atom. The van der Waals surface area contributed by atoms with Crippen molar-refractivity contribution in [3.63, 3.8) is 0 Å². The smallest absolute Gasteiger partial charge is 0.197 e. The van der Waals surface area contributed by atoms with Gasteiger partial charge in [-0.3, -0.25) is 9.13 Å². The molecule has 43 heavy (non-hydrogen) atoms. The van der Waals surface area contributed by atoms with Crippen molar-refractivity contribution in [1.82, 2.24) is 29.1 Å². The van der Waals surface area contributed by atoms with Crippen LogP contribution in [0.15, 0.2) is 120 Å². The summed E-state index contributed by atoms with van der Waals surface area (Å²) in [7, 11) is 0. The fraction of sp³-hybridized carbons (Fsp3) is 0.0556. The Kier molecular flexibility index (Phi) is 5.19. The molecular formula is C36H24N6O. The highest BCUT2D eigenvalue weighted by atomic mass is 16.3. The number of allylic oxidation sites excluding steroid dienone is 1. The minimum Gasteiger partial charge on any atom is -0.452 e. The van der Waals surface area contributed by atoms with Crippen molar-refractivity contribution in [2.45, 2.75) is 12.8 Å². The van der Waals surface area contributed by atoms with E-state index in [1.54, 1.807) is 0 Å². The van der Waals surface area contributed by atoms with E-state index in [4.69, 9.17) is 24.4 Å². The van der Waals surface area contributed by atoms with Crippen molar-refractivity contribution in [2.24, 2.45) is 0 Å². The number of hydrogen-bond acceptors (Lipinski definition) is 5. The van der Waals surface area contributed by atoms with Crippen LogP contribution in [0.3, 0.4) is 0 Å². The second-order valence-corrected chi connectivity index (χ2v) is 10.6. The monoisotopic (exact) mass is 556 g/mol. The second kappa shape index (κ2) is 9.36. The zero-order chi connectivity index (χ0) is 28.3. The Morgan fingerprint density at radius 1 is 0.628 bits per heavy atom. The van der Waals surface area contributed by atoms with Gasteiger partial charge in [0.1, 0.15) is 11.1 Å². The number of nitrogens with zero attached hydrogens (tertiary/aromatic N) is 6. The minimum atomic E-state index is 0.521. The average Bonchev–Trinajstić information content (AvgIpc) is 3.76. The standard InChI is InChI=1S/C36H24N6O/c1-3-13-23(14-4-1)41-28-20-10-8-18-26(28)37-35(41)32-33-31(25-17-7-12-22-30(25)43-33)39-34(40-32)36-38-27-19-9-11-21-29(27)42(36)24-15-5-2-6-16-24/h1-8,10-18,20-22H,9,19H2. The van der Waals surface area contributed by atoms with Crippen molar-refractivity contribution in [3.05, 3.63) is 127 Å². The Labute approximate surface area is 246 Å². The summed E-state index contributed by atoms with van der Waals surface area (Å²) in [6, 6.07) is 36.7. The van der Waals surface area contributed by atoms with E-state index in [2.05, 4.69) is 51.6 Å². The molecule has 0 aliphatic heterocycles. The van der Waals surface area contributed by atoms with Crippen LogP contribution in [-0.2, 0) is 6.42 Å². The quantitative estimate of drug-likeness (QED) is 0.218. The van der Waals surface area contributed by atoms with E-state index in [-0.39, 0.29) is 0 Å². The minimum absolute atomic E-state index is 0.521. The molecule has 4 aromatic carbocycles. The van der Waals surface area contributed by atoms with Crippen molar-refractivity contribution < 1.29 is 4.42 Å². The number of imidazole rings is 2. The summed E-state index contributed by atoms with van der Waals surface area (Å²) in [4.78, 5) is 20.7. The highest BCUT2D eigenvalue weighted by Gasteiger charge is 2.27. The number of aryl methyl sites for hydroxylation is 1. The lowest BCUT2D eigenvalue weighted by molar-refractivity contribution is 0.666. The molecule has 0 radical (unpaired) electrons. The van der Waals surface area contributed by atoms with Crippen LogP contribution in [-0.4, -0.2) is 29.1 Å². The molecule has 0 amide bonds. The average molecular weight is 557 g/mol. The predicted octanol–water partition coefficient (Wildman–Crippen LogP) is 8.19. The molecule has 204 valence electrons. The first-order valence-corrected chi connectivity index (χ1v) is 14.4. The number of rotatable bonds is 4. The highest BCUT2D eigenvalue weighted by molar-refractivity contribution is 6.07. The summed E-state index contributed by atoms with van der Waals surface area (Å²) in [6.07, 6.45) is 6.18. The highest BCUT2D eigenvalue weighted by Crippen LogP contribution is 2.38. The van der Waals surface area contributed by atoms with Gasteiger partial charge in [0, 0.05) is 16.8 Å². The molecule has 4 heterocycles. The normalized spacial score (nSPS) is 12.8. The molecule has 0 unspecified atom stereocenters. The van der Waals surface area contributed by atoms with Crippen LogP contribution in [0.25, 0.3) is 73.7 Å². The first kappa shape index (κ1) is 23.8. The van der Waals surface area contributed by atoms with Crippen molar-refractivity contribution in [3.8, 4) is 34.5 Å². The molecular weight excluding hydrogens is 532 g/mol. The zero-order valence-corrected chi connectivity index (χ0v) is 23.1. The number of furan rings is 1. The number of fused-ring (bicyclic) bond motifs is 5. The van der Waals surface area contributed by atoms with Gasteiger partial charge < -0.3 is 4.42 Å². The Morgan fingerprint density at radius 3 is 2.19 bits per heavy atom. The summed E-state index contributed by atoms with van der Waals surface area (Å²) < 4.78 is 10.8. The summed E-state index contributed by atoms with van der Waals surface area (Å²) in [5.74, 6) is 1.90. The number of aromatic nitrogens is 6. The summed E-state index contributed by atoms with van der Waals surface area (Å²) in [5.41, 5.74) is 8.66. The van der Waals surface area contributed by atoms with Crippen LogP contribution in [0, 0.1) is 0 Å².